The van der Waals surface area contributed by atoms with Crippen molar-refractivity contribution in [3.05, 3.63) is 106 Å². The number of rotatable bonds is 8. The van der Waals surface area contributed by atoms with Crippen molar-refractivity contribution in [1.29, 1.82) is 0 Å². The van der Waals surface area contributed by atoms with E-state index in [1.54, 1.807) is 32.4 Å². The summed E-state index contributed by atoms with van der Waals surface area (Å²) in [6, 6.07) is 14.5. The first-order chi connectivity index (χ1) is 26.0. The molecule has 0 bridgehead atoms. The van der Waals surface area contributed by atoms with Crippen molar-refractivity contribution in [2.75, 3.05) is 89.9 Å². The summed E-state index contributed by atoms with van der Waals surface area (Å²) in [5, 5.41) is 2.26. The molecule has 5 aromatic rings. The van der Waals surface area contributed by atoms with Crippen LogP contribution < -0.4 is 24.9 Å². The van der Waals surface area contributed by atoms with Gasteiger partial charge in [0, 0.05) is 81.2 Å². The summed E-state index contributed by atoms with van der Waals surface area (Å²) in [5.41, 5.74) is 3.34. The van der Waals surface area contributed by atoms with E-state index in [0.29, 0.717) is 30.8 Å². The number of anilines is 8. The van der Waals surface area contributed by atoms with E-state index < -0.39 is 33.3 Å². The third-order valence-electron chi connectivity index (χ3n) is 8.60. The third-order valence-corrected chi connectivity index (χ3v) is 10.4. The van der Waals surface area contributed by atoms with E-state index in [-0.39, 0.29) is 16.7 Å². The maximum atomic E-state index is 14.6. The zero-order valence-corrected chi connectivity index (χ0v) is 32.1. The fourth-order valence-electron chi connectivity index (χ4n) is 5.71. The number of nitrogens with one attached hydrogen (secondary N) is 1. The monoisotopic (exact) mass is 821 g/mol. The van der Waals surface area contributed by atoms with Crippen molar-refractivity contribution in [3.8, 4) is 0 Å². The van der Waals surface area contributed by atoms with Crippen LogP contribution in [0.25, 0.3) is 0 Å². The summed E-state index contributed by atoms with van der Waals surface area (Å²) in [7, 11) is 3.20. The smallest absolute Gasteiger partial charge is 0.229 e. The van der Waals surface area contributed by atoms with Crippen LogP contribution in [0.1, 0.15) is 0 Å². The van der Waals surface area contributed by atoms with Crippen molar-refractivity contribution in [2.24, 2.45) is 0 Å². The molecule has 0 unspecified atom stereocenters. The number of morpholine rings is 1. The molecule has 2 fully saturated rings. The highest BCUT2D eigenvalue weighted by Crippen LogP contribution is 2.34. The molecule has 54 heavy (non-hydrogen) atoms. The number of hydrogen-bond acceptors (Lipinski definition) is 11. The Labute approximate surface area is 329 Å². The Hall–Kier alpha value is -4.28. The standard InChI is InChI=1S/C25H27ClF2N6OS.C11H7Cl2F2N3/c1-32(21-3-2-20(27)23(26)24(21)28)22-4-5-29-25(31-22)30-17-14-18(33-6-10-35-11-7-33)16-19(15-17)34-8-12-36-13-9-34;1-18(8-4-5-16-11(13)17-8)7-3-2-6(14)9(12)10(7)15/h2-5,14-16H,6-13H2,1H3,(H,29,30,31);2-5H,1H3. The summed E-state index contributed by atoms with van der Waals surface area (Å²) in [6.45, 7) is 5.07. The van der Waals surface area contributed by atoms with E-state index in [1.165, 1.54) is 28.1 Å². The summed E-state index contributed by atoms with van der Waals surface area (Å²) in [5.74, 6) is 0.0729. The normalized spacial score (nSPS) is 14.3. The lowest BCUT2D eigenvalue weighted by atomic mass is 10.2. The van der Waals surface area contributed by atoms with Crippen molar-refractivity contribution in [3.63, 3.8) is 0 Å². The lowest BCUT2D eigenvalue weighted by Gasteiger charge is -2.33. The number of thioether (sulfide) groups is 1. The molecule has 1 N–H and O–H groups in total. The molecule has 0 radical (unpaired) electrons. The summed E-state index contributed by atoms with van der Waals surface area (Å²) in [4.78, 5) is 24.2. The number of hydrogen-bond donors (Lipinski definition) is 1. The minimum atomic E-state index is -0.853. The second-order valence-electron chi connectivity index (χ2n) is 12.0. The molecule has 3 aromatic carbocycles. The van der Waals surface area contributed by atoms with E-state index in [1.807, 2.05) is 11.8 Å². The Morgan fingerprint density at radius 1 is 0.685 bits per heavy atom. The number of ether oxygens (including phenoxy) is 1. The van der Waals surface area contributed by atoms with Crippen LogP contribution in [0.4, 0.5) is 63.6 Å². The maximum Gasteiger partial charge on any atom is 0.229 e. The molecular formula is C36H34Cl3F4N9OS. The fraction of sp³-hybridized carbons (Fsp3) is 0.278. The Bertz CT molecular complexity index is 2060. The molecule has 7 rings (SSSR count). The van der Waals surface area contributed by atoms with Crippen LogP contribution in [-0.2, 0) is 4.74 Å². The quantitative estimate of drug-likeness (QED) is 0.0925. The molecule has 2 aliphatic rings. The molecule has 0 atom stereocenters. The number of benzene rings is 3. The Balaban J connectivity index is 0.000000232. The summed E-state index contributed by atoms with van der Waals surface area (Å²) in [6.07, 6.45) is 3.03. The van der Waals surface area contributed by atoms with Crippen molar-refractivity contribution < 1.29 is 22.3 Å². The highest BCUT2D eigenvalue weighted by atomic mass is 35.5. The van der Waals surface area contributed by atoms with Gasteiger partial charge in [-0.05, 0) is 66.2 Å². The molecule has 0 aliphatic carbocycles. The molecule has 2 aliphatic heterocycles. The summed E-state index contributed by atoms with van der Waals surface area (Å²) < 4.78 is 60.6. The Morgan fingerprint density at radius 3 is 1.76 bits per heavy atom. The second-order valence-corrected chi connectivity index (χ2v) is 14.3. The van der Waals surface area contributed by atoms with Crippen molar-refractivity contribution >= 4 is 92.6 Å². The van der Waals surface area contributed by atoms with Gasteiger partial charge in [-0.2, -0.15) is 16.7 Å². The van der Waals surface area contributed by atoms with Gasteiger partial charge < -0.3 is 29.7 Å². The molecule has 18 heteroatoms. The number of halogens is 7. The van der Waals surface area contributed by atoms with Crippen LogP contribution >= 0.6 is 46.6 Å². The predicted molar refractivity (Wildman–Crippen MR) is 210 cm³/mol. The van der Waals surface area contributed by atoms with Gasteiger partial charge in [0.2, 0.25) is 11.2 Å². The van der Waals surface area contributed by atoms with E-state index in [4.69, 9.17) is 39.5 Å². The van der Waals surface area contributed by atoms with Gasteiger partial charge >= 0.3 is 0 Å². The topological polar surface area (TPSA) is 85.8 Å². The van der Waals surface area contributed by atoms with E-state index in [2.05, 4.69) is 53.3 Å². The highest BCUT2D eigenvalue weighted by Gasteiger charge is 2.20. The maximum absolute atomic E-state index is 14.6. The van der Waals surface area contributed by atoms with Gasteiger partial charge in [0.25, 0.3) is 0 Å². The van der Waals surface area contributed by atoms with Crippen LogP contribution in [0.5, 0.6) is 0 Å². The minimum absolute atomic E-state index is 0.0352. The van der Waals surface area contributed by atoms with Gasteiger partial charge in [-0.15, -0.1) is 0 Å². The highest BCUT2D eigenvalue weighted by molar-refractivity contribution is 7.99. The molecular weight excluding hydrogens is 789 g/mol. The zero-order chi connectivity index (χ0) is 38.4. The van der Waals surface area contributed by atoms with Crippen molar-refractivity contribution in [2.45, 2.75) is 0 Å². The number of nitrogens with zero attached hydrogens (tertiary/aromatic N) is 8. The van der Waals surface area contributed by atoms with Crippen LogP contribution in [0, 0.1) is 23.3 Å². The average Bonchev–Trinajstić information content (AvgIpc) is 3.19. The largest absolute Gasteiger partial charge is 0.378 e. The Kier molecular flexibility index (Phi) is 13.1. The molecule has 4 heterocycles. The first-order valence-corrected chi connectivity index (χ1v) is 18.9. The summed E-state index contributed by atoms with van der Waals surface area (Å²) >= 11 is 18.9. The molecule has 10 nitrogen and oxygen atoms in total. The SMILES string of the molecule is CN(c1ccnc(Cl)n1)c1ccc(F)c(Cl)c1F.CN(c1ccnc(Nc2cc(N3CCOCC3)cc(N3CCSCC3)c2)n1)c1ccc(F)c(Cl)c1F. The van der Waals surface area contributed by atoms with Gasteiger partial charge in [0.15, 0.2) is 11.6 Å². The lowest BCUT2D eigenvalue weighted by Crippen LogP contribution is -2.37. The molecule has 0 spiro atoms. The van der Waals surface area contributed by atoms with Gasteiger partial charge in [0.1, 0.15) is 33.3 Å². The predicted octanol–water partition coefficient (Wildman–Crippen LogP) is 9.14. The third kappa shape index (κ3) is 9.32. The lowest BCUT2D eigenvalue weighted by molar-refractivity contribution is 0.122. The van der Waals surface area contributed by atoms with Crippen LogP contribution in [-0.4, -0.2) is 84.9 Å². The molecule has 2 aromatic heterocycles. The van der Waals surface area contributed by atoms with Gasteiger partial charge in [0.05, 0.1) is 24.6 Å². The van der Waals surface area contributed by atoms with E-state index in [9.17, 15) is 17.6 Å². The minimum Gasteiger partial charge on any atom is -0.378 e. The van der Waals surface area contributed by atoms with Crippen LogP contribution in [0.3, 0.4) is 0 Å². The van der Waals surface area contributed by atoms with Crippen molar-refractivity contribution in [1.82, 2.24) is 19.9 Å². The van der Waals surface area contributed by atoms with Gasteiger partial charge in [-0.3, -0.25) is 0 Å². The second kappa shape index (κ2) is 17.9. The first-order valence-electron chi connectivity index (χ1n) is 16.6. The van der Waals surface area contributed by atoms with Gasteiger partial charge in [-0.25, -0.2) is 32.5 Å². The molecule has 0 amide bonds. The average molecular weight is 823 g/mol. The van der Waals surface area contributed by atoms with Crippen LogP contribution in [0.2, 0.25) is 15.3 Å². The fourth-order valence-corrected chi connectivity index (χ4v) is 7.08. The van der Waals surface area contributed by atoms with E-state index in [0.717, 1.165) is 66.9 Å². The molecule has 2 saturated heterocycles. The first kappa shape index (κ1) is 39.4. The number of aromatic nitrogens is 4. The molecule has 0 saturated carbocycles. The van der Waals surface area contributed by atoms with Gasteiger partial charge in [-0.1, -0.05) is 23.2 Å². The zero-order valence-electron chi connectivity index (χ0n) is 29.0. The van der Waals surface area contributed by atoms with Crippen LogP contribution in [0.15, 0.2) is 67.0 Å². The molecule has 284 valence electrons. The van der Waals surface area contributed by atoms with E-state index >= 15 is 0 Å². The Morgan fingerprint density at radius 2 is 1.20 bits per heavy atom.